The molecule has 0 radical (unpaired) electrons. The number of carboxylic acid groups (broad SMARTS) is 1. The van der Waals surface area contributed by atoms with Crippen LogP contribution in [0.15, 0.2) is 24.3 Å². The predicted molar refractivity (Wildman–Crippen MR) is 95.9 cm³/mol. The lowest BCUT2D eigenvalue weighted by Crippen LogP contribution is -2.41. The van der Waals surface area contributed by atoms with Gasteiger partial charge in [-0.1, -0.05) is 0 Å². The summed E-state index contributed by atoms with van der Waals surface area (Å²) in [6.45, 7) is 6.69. The normalized spacial score (nSPS) is 15.6. The average molecular weight is 373 g/mol. The Morgan fingerprint density at radius 2 is 1.78 bits per heavy atom. The highest BCUT2D eigenvalue weighted by atomic mass is 16.6. The van der Waals surface area contributed by atoms with Gasteiger partial charge in [0.2, 0.25) is 0 Å². The molecule has 0 aliphatic carbocycles. The summed E-state index contributed by atoms with van der Waals surface area (Å²) < 4.78 is 7.04. The monoisotopic (exact) mass is 373 g/mol. The molecule has 1 aliphatic rings. The molecular weight excluding hydrogens is 350 g/mol. The Bertz CT molecular complexity index is 817. The van der Waals surface area contributed by atoms with E-state index < -0.39 is 11.6 Å². The number of piperidine rings is 1. The Morgan fingerprint density at radius 1 is 1.15 bits per heavy atom. The fourth-order valence-corrected chi connectivity index (χ4v) is 3.02. The molecule has 144 valence electrons. The maximum absolute atomic E-state index is 12.2. The quantitative estimate of drug-likeness (QED) is 0.880. The molecule has 1 saturated heterocycles. The summed E-state index contributed by atoms with van der Waals surface area (Å²) in [5, 5.41) is 21.0. The Kier molecular flexibility index (Phi) is 5.11. The van der Waals surface area contributed by atoms with Crippen molar-refractivity contribution in [3.63, 3.8) is 0 Å². The topological polar surface area (TPSA) is 110 Å². The van der Waals surface area contributed by atoms with Crippen LogP contribution in [0.4, 0.5) is 4.79 Å². The third-order valence-electron chi connectivity index (χ3n) is 4.36. The number of nitrogens with zero attached hydrogens (tertiary/aromatic N) is 5. The van der Waals surface area contributed by atoms with Gasteiger partial charge in [0, 0.05) is 19.0 Å². The van der Waals surface area contributed by atoms with Crippen molar-refractivity contribution in [3.8, 4) is 5.69 Å². The number of benzene rings is 1. The van der Waals surface area contributed by atoms with Gasteiger partial charge in [-0.25, -0.2) is 9.59 Å². The van der Waals surface area contributed by atoms with Crippen LogP contribution in [0.2, 0.25) is 0 Å². The molecule has 9 nitrogen and oxygen atoms in total. The Labute approximate surface area is 156 Å². The van der Waals surface area contributed by atoms with Gasteiger partial charge in [-0.2, -0.15) is 4.68 Å². The van der Waals surface area contributed by atoms with Crippen molar-refractivity contribution < 1.29 is 19.4 Å². The highest BCUT2D eigenvalue weighted by molar-refractivity contribution is 5.87. The number of tetrazole rings is 1. The molecule has 0 bridgehead atoms. The van der Waals surface area contributed by atoms with E-state index in [1.165, 1.54) is 12.1 Å². The van der Waals surface area contributed by atoms with Crippen molar-refractivity contribution in [2.75, 3.05) is 13.1 Å². The molecule has 27 heavy (non-hydrogen) atoms. The summed E-state index contributed by atoms with van der Waals surface area (Å²) in [5.74, 6) is -0.159. The molecule has 0 spiro atoms. The second kappa shape index (κ2) is 7.34. The van der Waals surface area contributed by atoms with E-state index in [9.17, 15) is 9.59 Å². The zero-order valence-electron chi connectivity index (χ0n) is 15.6. The first-order chi connectivity index (χ1) is 12.7. The molecule has 1 fully saturated rings. The van der Waals surface area contributed by atoms with Crippen molar-refractivity contribution in [1.29, 1.82) is 0 Å². The molecule has 2 aromatic rings. The van der Waals surface area contributed by atoms with Gasteiger partial charge < -0.3 is 14.7 Å². The van der Waals surface area contributed by atoms with Gasteiger partial charge in [-0.15, -0.1) is 5.10 Å². The summed E-state index contributed by atoms with van der Waals surface area (Å²) in [5.41, 5.74) is 0.397. The van der Waals surface area contributed by atoms with Crippen LogP contribution in [0.3, 0.4) is 0 Å². The number of amides is 1. The maximum atomic E-state index is 12.2. The summed E-state index contributed by atoms with van der Waals surface area (Å²) in [6.07, 6.45) is 1.16. The summed E-state index contributed by atoms with van der Waals surface area (Å²) in [4.78, 5) is 24.9. The molecule has 9 heteroatoms. The lowest BCUT2D eigenvalue weighted by Gasteiger charge is -2.32. The number of hydrogen-bond donors (Lipinski definition) is 1. The fourth-order valence-electron chi connectivity index (χ4n) is 3.02. The van der Waals surface area contributed by atoms with Gasteiger partial charge in [0.05, 0.1) is 11.3 Å². The number of carboxylic acids is 1. The molecule has 1 aromatic heterocycles. The van der Waals surface area contributed by atoms with E-state index in [2.05, 4.69) is 15.5 Å². The standard InChI is InChI=1S/C18H23N5O4/c1-18(2,3)27-17(26)22-10-8-12(9-11-22)15-19-20-21-23(15)14-6-4-13(5-7-14)16(24)25/h4-7,12H,8-11H2,1-3H3,(H,24,25). The van der Waals surface area contributed by atoms with E-state index in [4.69, 9.17) is 9.84 Å². The predicted octanol–water partition coefficient (Wildman–Crippen LogP) is 2.48. The van der Waals surface area contributed by atoms with Crippen molar-refractivity contribution in [3.05, 3.63) is 35.7 Å². The molecular formula is C18H23N5O4. The Balaban J connectivity index is 1.68. The van der Waals surface area contributed by atoms with E-state index in [0.717, 1.165) is 12.8 Å². The highest BCUT2D eigenvalue weighted by Gasteiger charge is 2.30. The number of hydrogen-bond acceptors (Lipinski definition) is 6. The Hall–Kier alpha value is -2.97. The molecule has 1 aromatic carbocycles. The zero-order valence-corrected chi connectivity index (χ0v) is 15.6. The summed E-state index contributed by atoms with van der Waals surface area (Å²) in [7, 11) is 0. The van der Waals surface area contributed by atoms with Crippen LogP contribution < -0.4 is 0 Å². The van der Waals surface area contributed by atoms with Crippen molar-refractivity contribution in [2.24, 2.45) is 0 Å². The molecule has 0 atom stereocenters. The minimum atomic E-state index is -0.979. The largest absolute Gasteiger partial charge is 0.478 e. The van der Waals surface area contributed by atoms with E-state index in [1.54, 1.807) is 21.7 Å². The lowest BCUT2D eigenvalue weighted by molar-refractivity contribution is 0.0202. The molecule has 2 heterocycles. The smallest absolute Gasteiger partial charge is 0.410 e. The first-order valence-corrected chi connectivity index (χ1v) is 8.84. The van der Waals surface area contributed by atoms with E-state index in [1.807, 2.05) is 20.8 Å². The number of carbonyl (C=O) groups is 2. The van der Waals surface area contributed by atoms with Gasteiger partial charge in [0.25, 0.3) is 0 Å². The third kappa shape index (κ3) is 4.42. The lowest BCUT2D eigenvalue weighted by atomic mass is 9.96. The number of ether oxygens (including phenoxy) is 1. The van der Waals surface area contributed by atoms with Crippen LogP contribution >= 0.6 is 0 Å². The fraction of sp³-hybridized carbons (Fsp3) is 0.500. The minimum absolute atomic E-state index is 0.109. The minimum Gasteiger partial charge on any atom is -0.478 e. The number of carbonyl (C=O) groups excluding carboxylic acids is 1. The summed E-state index contributed by atoms with van der Waals surface area (Å²) in [6, 6.07) is 6.40. The first kappa shape index (κ1) is 18.8. The van der Waals surface area contributed by atoms with Gasteiger partial charge in [0.15, 0.2) is 5.82 Å². The number of aromatic carboxylic acids is 1. The molecule has 0 saturated carbocycles. The molecule has 0 unspecified atom stereocenters. The third-order valence-corrected chi connectivity index (χ3v) is 4.36. The van der Waals surface area contributed by atoms with Gasteiger partial charge in [-0.05, 0) is 68.3 Å². The van der Waals surface area contributed by atoms with Crippen LogP contribution in [0.25, 0.3) is 5.69 Å². The van der Waals surface area contributed by atoms with Crippen molar-refractivity contribution in [1.82, 2.24) is 25.1 Å². The second-order valence-corrected chi connectivity index (χ2v) is 7.54. The zero-order chi connectivity index (χ0) is 19.6. The summed E-state index contributed by atoms with van der Waals surface area (Å²) >= 11 is 0. The molecule has 3 rings (SSSR count). The molecule has 1 amide bonds. The molecule has 1 N–H and O–H groups in total. The van der Waals surface area contributed by atoms with E-state index in [0.29, 0.717) is 24.6 Å². The highest BCUT2D eigenvalue weighted by Crippen LogP contribution is 2.28. The first-order valence-electron chi connectivity index (χ1n) is 8.84. The van der Waals surface area contributed by atoms with Crippen LogP contribution in [-0.4, -0.2) is 61.0 Å². The number of rotatable bonds is 3. The maximum Gasteiger partial charge on any atom is 0.410 e. The van der Waals surface area contributed by atoms with Gasteiger partial charge in [-0.3, -0.25) is 0 Å². The number of likely N-dealkylation sites (tertiary alicyclic amines) is 1. The van der Waals surface area contributed by atoms with Crippen LogP contribution in [-0.2, 0) is 4.74 Å². The van der Waals surface area contributed by atoms with Crippen LogP contribution in [0.5, 0.6) is 0 Å². The molecule has 1 aliphatic heterocycles. The SMILES string of the molecule is CC(C)(C)OC(=O)N1CCC(c2nnnn2-c2ccc(C(=O)O)cc2)CC1. The van der Waals surface area contributed by atoms with Crippen LogP contribution in [0.1, 0.15) is 55.7 Å². The van der Waals surface area contributed by atoms with Gasteiger partial charge >= 0.3 is 12.1 Å². The van der Waals surface area contributed by atoms with Crippen LogP contribution in [0, 0.1) is 0 Å². The average Bonchev–Trinajstić information content (AvgIpc) is 3.10. The van der Waals surface area contributed by atoms with Crippen molar-refractivity contribution >= 4 is 12.1 Å². The number of aromatic nitrogens is 4. The van der Waals surface area contributed by atoms with Crippen molar-refractivity contribution in [2.45, 2.75) is 45.1 Å². The van der Waals surface area contributed by atoms with E-state index in [-0.39, 0.29) is 17.6 Å². The van der Waals surface area contributed by atoms with E-state index >= 15 is 0 Å². The van der Waals surface area contributed by atoms with Gasteiger partial charge in [0.1, 0.15) is 5.60 Å². The second-order valence-electron chi connectivity index (χ2n) is 7.54. The Morgan fingerprint density at radius 3 is 2.33 bits per heavy atom.